The van der Waals surface area contributed by atoms with Crippen LogP contribution in [0.1, 0.15) is 151 Å². The summed E-state index contributed by atoms with van der Waals surface area (Å²) in [5.74, 6) is -13.0. The number of amides is 3. The summed E-state index contributed by atoms with van der Waals surface area (Å²) in [5.41, 5.74) is -0.560. The first-order valence-corrected chi connectivity index (χ1v) is 47.1. The second-order valence-electron chi connectivity index (χ2n) is 35.1. The summed E-state index contributed by atoms with van der Waals surface area (Å²) in [7, 11) is 0. The van der Waals surface area contributed by atoms with Crippen LogP contribution in [0.5, 0.6) is 17.2 Å². The van der Waals surface area contributed by atoms with Crippen molar-refractivity contribution in [2.75, 3.05) is 54.0 Å². The molecule has 12 aromatic rings. The van der Waals surface area contributed by atoms with E-state index in [2.05, 4.69) is 67.8 Å². The van der Waals surface area contributed by atoms with Crippen molar-refractivity contribution in [2.24, 2.45) is 0 Å². The standard InChI is InChI=1S/3C33H29Cl3F2N6O3/c3*1-7-21(45)43-16(5)12-42(13-17(43)6)30-18-10-20(34)28(22-23(35)25(37)24(36)26(38)31(22)46)41-32(18)44(33(47)19(30)11-39)29-15(4)8-9-40-27(29)14(2)3/h3*7-10,14,16-17,46H,1,12-13H2,2-6H3/t3*16-,17+. The van der Waals surface area contributed by atoms with Crippen LogP contribution in [0, 0.1) is 89.7 Å². The Bertz CT molecular complexity index is 6870. The van der Waals surface area contributed by atoms with E-state index in [1.165, 1.54) is 50.1 Å². The van der Waals surface area contributed by atoms with Gasteiger partial charge in [-0.05, 0) is 151 Å². The van der Waals surface area contributed by atoms with Gasteiger partial charge in [0.1, 0.15) is 66.9 Å². The van der Waals surface area contributed by atoms with E-state index < -0.39 is 116 Å². The number of hydrogen-bond acceptors (Lipinski definition) is 21. The molecule has 9 aromatic heterocycles. The molecular weight excluding hydrogens is 2020 g/mol. The van der Waals surface area contributed by atoms with Gasteiger partial charge >= 0.3 is 0 Å². The van der Waals surface area contributed by atoms with Gasteiger partial charge in [0.2, 0.25) is 17.7 Å². The largest absolute Gasteiger partial charge is 0.504 e. The van der Waals surface area contributed by atoms with Gasteiger partial charge in [0, 0.05) is 110 Å². The van der Waals surface area contributed by atoms with Crippen LogP contribution in [0.2, 0.25) is 45.2 Å². The zero-order valence-corrected chi connectivity index (χ0v) is 84.8. The average Bonchev–Trinajstić information content (AvgIpc) is 0.725. The van der Waals surface area contributed by atoms with Crippen LogP contribution in [-0.2, 0) is 14.4 Å². The molecule has 0 spiro atoms. The maximum absolute atomic E-state index is 14.9. The van der Waals surface area contributed by atoms with E-state index in [9.17, 15) is 86.2 Å². The number of fused-ring (bicyclic) bond motifs is 3. The molecule has 0 unspecified atom stereocenters. The third kappa shape index (κ3) is 18.4. The van der Waals surface area contributed by atoms with Crippen LogP contribution in [-0.4, -0.2) is 167 Å². The number of aromatic nitrogens is 9. The highest BCUT2D eigenvalue weighted by Gasteiger charge is 2.42. The summed E-state index contributed by atoms with van der Waals surface area (Å²) in [6, 6.07) is 13.4. The minimum atomic E-state index is -1.47. The quantitative estimate of drug-likeness (QED) is 0.0371. The van der Waals surface area contributed by atoms with Gasteiger partial charge in [0.25, 0.3) is 16.7 Å². The van der Waals surface area contributed by atoms with Gasteiger partial charge in [0.05, 0.1) is 115 Å². The fourth-order valence-corrected chi connectivity index (χ4v) is 21.0. The van der Waals surface area contributed by atoms with Crippen molar-refractivity contribution in [1.29, 1.82) is 15.8 Å². The molecular formula is C99H87Cl9F6N18O9. The molecule has 27 nitrogen and oxygen atoms in total. The molecule has 3 amide bonds. The summed E-state index contributed by atoms with van der Waals surface area (Å²) in [6.07, 6.45) is 8.49. The molecule has 0 saturated carbocycles. The Morgan fingerprint density at radius 3 is 0.787 bits per heavy atom. The van der Waals surface area contributed by atoms with Gasteiger partial charge in [-0.15, -0.1) is 0 Å². The van der Waals surface area contributed by atoms with Crippen LogP contribution in [0.4, 0.5) is 43.4 Å². The number of benzene rings is 3. The maximum Gasteiger partial charge on any atom is 0.276 e. The van der Waals surface area contributed by atoms with E-state index in [1.54, 1.807) is 72.3 Å². The number of phenolic OH excluding ortho intramolecular Hbond substituents is 3. The molecule has 0 bridgehead atoms. The normalized spacial score (nSPS) is 16.6. The predicted molar refractivity (Wildman–Crippen MR) is 537 cm³/mol. The molecule has 12 heterocycles. The molecule has 3 fully saturated rings. The van der Waals surface area contributed by atoms with Crippen molar-refractivity contribution < 1.29 is 56.0 Å². The van der Waals surface area contributed by atoms with E-state index >= 15 is 0 Å². The molecule has 3 aliphatic rings. The lowest BCUT2D eigenvalue weighted by Gasteiger charge is -2.45. The zero-order valence-electron chi connectivity index (χ0n) is 78.0. The molecule has 15 rings (SSSR count). The van der Waals surface area contributed by atoms with E-state index in [0.717, 1.165) is 0 Å². The van der Waals surface area contributed by atoms with Crippen LogP contribution in [0.15, 0.2) is 107 Å². The Kier molecular flexibility index (Phi) is 31.0. The number of aromatic hydroxyl groups is 3. The first-order valence-electron chi connectivity index (χ1n) is 43.7. The summed E-state index contributed by atoms with van der Waals surface area (Å²) in [4.78, 5) is 119. The number of piperazine rings is 3. The van der Waals surface area contributed by atoms with E-state index in [1.807, 2.05) is 97.8 Å². The van der Waals surface area contributed by atoms with Crippen LogP contribution in [0.3, 0.4) is 0 Å². The molecule has 3 aliphatic heterocycles. The van der Waals surface area contributed by atoms with Gasteiger partial charge in [0.15, 0.2) is 52.2 Å². The summed E-state index contributed by atoms with van der Waals surface area (Å²) in [6.45, 7) is 39.9. The van der Waals surface area contributed by atoms with Crippen molar-refractivity contribution in [3.8, 4) is 86.3 Å². The summed E-state index contributed by atoms with van der Waals surface area (Å²) in [5, 5.41) is 58.6. The lowest BCUT2D eigenvalue weighted by Crippen LogP contribution is -2.58. The monoisotopic (exact) mass is 2100 g/mol. The van der Waals surface area contributed by atoms with Crippen molar-refractivity contribution in [3.63, 3.8) is 0 Å². The topological polar surface area (TPSA) is 346 Å². The third-order valence-corrected chi connectivity index (χ3v) is 27.7. The van der Waals surface area contributed by atoms with Gasteiger partial charge < -0.3 is 44.7 Å². The fourth-order valence-electron chi connectivity index (χ4n) is 18.7. The number of pyridine rings is 9. The SMILES string of the molecule is C=CC(=O)N1[C@H](C)CN(c2c(C#N)c(=O)n(-c3c(C)ccnc3C(C)C)c3nc(-c4c(O)c(F)c(Cl)c(F)c4Cl)c(Cl)cc23)C[C@@H]1C.C=CC(=O)N1[C@H](C)CN(c2c(C#N)c(=O)n(-c3c(C)ccnc3C(C)C)c3nc(-c4c(O)c(F)c(Cl)c(F)c4Cl)c(Cl)cc23)C[C@@H]1C.C=CC(=O)N1[C@H](C)CN(c2c(C#N)c(=O)n(-c3c(C)ccnc3C(C)C)c3nc(-c4c(O)c(F)c(Cl)c(F)c4Cl)c(Cl)cc23)C[C@@H]1C. The number of nitrogens with zero attached hydrogens (tertiary/aromatic N) is 18. The highest BCUT2D eigenvalue weighted by atomic mass is 35.5. The Morgan fingerprint density at radius 2 is 0.596 bits per heavy atom. The number of rotatable bonds is 15. The molecule has 6 atom stereocenters. The molecule has 732 valence electrons. The lowest BCUT2D eigenvalue weighted by molar-refractivity contribution is -0.131. The van der Waals surface area contributed by atoms with E-state index in [-0.39, 0.29) is 210 Å². The maximum atomic E-state index is 14.9. The second-order valence-corrected chi connectivity index (χ2v) is 38.6. The Hall–Kier alpha value is -12.7. The molecule has 141 heavy (non-hydrogen) atoms. The second kappa shape index (κ2) is 41.5. The highest BCUT2D eigenvalue weighted by molar-refractivity contribution is 6.41. The van der Waals surface area contributed by atoms with Gasteiger partial charge in [-0.3, -0.25) is 57.4 Å². The molecule has 3 N–H and O–H groups in total. The van der Waals surface area contributed by atoms with Crippen molar-refractivity contribution in [1.82, 2.24) is 58.3 Å². The predicted octanol–water partition coefficient (Wildman–Crippen LogP) is 21.9. The fraction of sp³-hybridized carbons (Fsp3) is 0.303. The number of nitriles is 3. The van der Waals surface area contributed by atoms with Crippen LogP contribution >= 0.6 is 104 Å². The third-order valence-electron chi connectivity index (χ3n) is 24.8. The zero-order chi connectivity index (χ0) is 104. The first kappa shape index (κ1) is 106. The first-order chi connectivity index (χ1) is 66.5. The Morgan fingerprint density at radius 1 is 0.383 bits per heavy atom. The van der Waals surface area contributed by atoms with Crippen LogP contribution < -0.4 is 31.4 Å². The molecule has 0 radical (unpaired) electrons. The van der Waals surface area contributed by atoms with Crippen molar-refractivity contribution in [2.45, 2.75) is 158 Å². The number of hydrogen-bond donors (Lipinski definition) is 3. The molecule has 3 aromatic carbocycles. The van der Waals surface area contributed by atoms with Crippen molar-refractivity contribution >= 4 is 172 Å². The Labute approximate surface area is 849 Å². The number of carbonyl (C=O) groups is 3. The molecule has 0 aliphatic carbocycles. The van der Waals surface area contributed by atoms with E-state index in [0.29, 0.717) is 50.8 Å². The van der Waals surface area contributed by atoms with Gasteiger partial charge in [-0.25, -0.2) is 41.3 Å². The van der Waals surface area contributed by atoms with Gasteiger partial charge in [-0.1, -0.05) is 166 Å². The Balaban J connectivity index is 0.000000178. The average molecular weight is 2110 g/mol. The van der Waals surface area contributed by atoms with Crippen molar-refractivity contribution in [3.05, 3.63) is 255 Å². The number of halogens is 15. The smallest absolute Gasteiger partial charge is 0.276 e. The number of carbonyl (C=O) groups excluding carboxylic acids is 3. The van der Waals surface area contributed by atoms with Crippen LogP contribution in [0.25, 0.3) is 83.9 Å². The number of anilines is 3. The minimum Gasteiger partial charge on any atom is -0.504 e. The number of aryl methyl sites for hydroxylation is 3. The van der Waals surface area contributed by atoms with Gasteiger partial charge in [-0.2, -0.15) is 15.8 Å². The van der Waals surface area contributed by atoms with E-state index in [4.69, 9.17) is 104 Å². The summed E-state index contributed by atoms with van der Waals surface area (Å²) >= 11 is 56.1. The minimum absolute atomic E-state index is 0.0439. The number of phenols is 3. The molecule has 3 saturated heterocycles. The highest BCUT2D eigenvalue weighted by Crippen LogP contribution is 2.52. The lowest BCUT2D eigenvalue weighted by atomic mass is 10.0. The molecule has 42 heteroatoms. The summed E-state index contributed by atoms with van der Waals surface area (Å²) < 4.78 is 93.1.